The zero-order valence-corrected chi connectivity index (χ0v) is 17.0. The molecule has 0 radical (unpaired) electrons. The van der Waals surface area contributed by atoms with Crippen molar-refractivity contribution in [3.05, 3.63) is 24.3 Å². The number of nitrogens with zero attached hydrogens (tertiary/aromatic N) is 2. The fourth-order valence-electron chi connectivity index (χ4n) is 3.92. The molecule has 27 heavy (non-hydrogen) atoms. The summed E-state index contributed by atoms with van der Waals surface area (Å²) >= 11 is 0. The van der Waals surface area contributed by atoms with Crippen molar-refractivity contribution in [2.75, 3.05) is 38.5 Å². The standard InChI is InChI=1S/C20H31N3O3S/c1-22-13-15-23(16-14-22)27(25,26)19-10-8-18(9-11-19)21-20(24)12-7-17-5-3-2-4-6-17/h8-11,17H,2-7,12-16H2,1H3,(H,21,24). The first-order valence-corrected chi connectivity index (χ1v) is 11.5. The number of amides is 1. The lowest BCUT2D eigenvalue weighted by molar-refractivity contribution is -0.116. The SMILES string of the molecule is CN1CCN(S(=O)(=O)c2ccc(NC(=O)CCC3CCCCC3)cc2)CC1. The van der Waals surface area contributed by atoms with Crippen LogP contribution in [-0.2, 0) is 14.8 Å². The van der Waals surface area contributed by atoms with E-state index >= 15 is 0 Å². The van der Waals surface area contributed by atoms with Gasteiger partial charge in [-0.3, -0.25) is 4.79 Å². The molecule has 0 aromatic heterocycles. The van der Waals surface area contributed by atoms with Crippen molar-refractivity contribution < 1.29 is 13.2 Å². The number of hydrogen-bond donors (Lipinski definition) is 1. The highest BCUT2D eigenvalue weighted by molar-refractivity contribution is 7.89. The quantitative estimate of drug-likeness (QED) is 0.807. The summed E-state index contributed by atoms with van der Waals surface area (Å²) in [7, 11) is -1.47. The van der Waals surface area contributed by atoms with Gasteiger partial charge < -0.3 is 10.2 Å². The van der Waals surface area contributed by atoms with E-state index in [-0.39, 0.29) is 10.8 Å². The molecule has 2 fully saturated rings. The van der Waals surface area contributed by atoms with Crippen LogP contribution < -0.4 is 5.32 Å². The molecule has 7 heteroatoms. The third kappa shape index (κ3) is 5.53. The largest absolute Gasteiger partial charge is 0.326 e. The number of carbonyl (C=O) groups is 1. The van der Waals surface area contributed by atoms with Gasteiger partial charge in [0.15, 0.2) is 0 Å². The molecule has 1 aliphatic carbocycles. The second kappa shape index (κ2) is 9.17. The van der Waals surface area contributed by atoms with E-state index in [9.17, 15) is 13.2 Å². The van der Waals surface area contributed by atoms with Crippen LogP contribution in [0.1, 0.15) is 44.9 Å². The molecule has 3 rings (SSSR count). The molecule has 150 valence electrons. The Bertz CT molecular complexity index is 719. The van der Waals surface area contributed by atoms with E-state index in [2.05, 4.69) is 10.2 Å². The molecule has 1 saturated heterocycles. The molecule has 0 spiro atoms. The first-order valence-electron chi connectivity index (χ1n) is 10.0. The monoisotopic (exact) mass is 393 g/mol. The number of anilines is 1. The fraction of sp³-hybridized carbons (Fsp3) is 0.650. The van der Waals surface area contributed by atoms with Crippen molar-refractivity contribution in [1.82, 2.24) is 9.21 Å². The fourth-order valence-corrected chi connectivity index (χ4v) is 5.34. The average molecular weight is 394 g/mol. The molecule has 0 atom stereocenters. The van der Waals surface area contributed by atoms with Gasteiger partial charge in [0, 0.05) is 38.3 Å². The minimum atomic E-state index is -3.46. The van der Waals surface area contributed by atoms with E-state index in [1.165, 1.54) is 36.4 Å². The number of rotatable bonds is 6. The first-order chi connectivity index (χ1) is 12.9. The molecule has 1 aromatic rings. The van der Waals surface area contributed by atoms with E-state index in [1.54, 1.807) is 24.3 Å². The van der Waals surface area contributed by atoms with Crippen molar-refractivity contribution in [3.8, 4) is 0 Å². The van der Waals surface area contributed by atoms with Gasteiger partial charge >= 0.3 is 0 Å². The molecule has 1 heterocycles. The number of carbonyl (C=O) groups excluding carboxylic acids is 1. The number of likely N-dealkylation sites (N-methyl/N-ethyl adjacent to an activating group) is 1. The average Bonchev–Trinajstić information content (AvgIpc) is 2.68. The summed E-state index contributed by atoms with van der Waals surface area (Å²) in [6, 6.07) is 6.54. The lowest BCUT2D eigenvalue weighted by atomic mass is 9.86. The zero-order valence-electron chi connectivity index (χ0n) is 16.2. The molecular formula is C20H31N3O3S. The van der Waals surface area contributed by atoms with E-state index in [1.807, 2.05) is 7.05 Å². The van der Waals surface area contributed by atoms with E-state index in [0.717, 1.165) is 19.5 Å². The van der Waals surface area contributed by atoms with E-state index in [4.69, 9.17) is 0 Å². The van der Waals surface area contributed by atoms with Crippen molar-refractivity contribution in [2.45, 2.75) is 49.8 Å². The normalized spacial score (nSPS) is 20.5. The number of hydrogen-bond acceptors (Lipinski definition) is 4. The Kier molecular flexibility index (Phi) is 6.89. The summed E-state index contributed by atoms with van der Waals surface area (Å²) in [5, 5.41) is 2.89. The van der Waals surface area contributed by atoms with Crippen LogP contribution >= 0.6 is 0 Å². The number of sulfonamides is 1. The summed E-state index contributed by atoms with van der Waals surface area (Å²) in [4.78, 5) is 14.6. The highest BCUT2D eigenvalue weighted by atomic mass is 32.2. The van der Waals surface area contributed by atoms with Gasteiger partial charge in [-0.1, -0.05) is 32.1 Å². The van der Waals surface area contributed by atoms with Gasteiger partial charge in [0.05, 0.1) is 4.90 Å². The predicted octanol–water partition coefficient (Wildman–Crippen LogP) is 2.92. The van der Waals surface area contributed by atoms with Crippen molar-refractivity contribution >= 4 is 21.6 Å². The Hall–Kier alpha value is -1.44. The number of nitrogens with one attached hydrogen (secondary N) is 1. The van der Waals surface area contributed by atoms with Crippen LogP contribution in [0.3, 0.4) is 0 Å². The van der Waals surface area contributed by atoms with Crippen LogP contribution in [0.15, 0.2) is 29.2 Å². The maximum atomic E-state index is 12.7. The number of benzene rings is 1. The molecule has 1 aliphatic heterocycles. The predicted molar refractivity (Wildman–Crippen MR) is 107 cm³/mol. The molecule has 6 nitrogen and oxygen atoms in total. The molecular weight excluding hydrogens is 362 g/mol. The maximum Gasteiger partial charge on any atom is 0.243 e. The minimum absolute atomic E-state index is 0.00949. The highest BCUT2D eigenvalue weighted by Gasteiger charge is 2.27. The van der Waals surface area contributed by atoms with Crippen LogP contribution in [0.5, 0.6) is 0 Å². The lowest BCUT2D eigenvalue weighted by Gasteiger charge is -2.31. The van der Waals surface area contributed by atoms with E-state index in [0.29, 0.717) is 31.1 Å². The van der Waals surface area contributed by atoms with E-state index < -0.39 is 10.0 Å². The summed E-state index contributed by atoms with van der Waals surface area (Å²) in [5.74, 6) is 0.691. The Morgan fingerprint density at radius 3 is 2.30 bits per heavy atom. The van der Waals surface area contributed by atoms with Gasteiger partial charge in [-0.25, -0.2) is 8.42 Å². The first kappa shape index (κ1) is 20.3. The van der Waals surface area contributed by atoms with Gasteiger partial charge in [-0.05, 0) is 43.7 Å². The molecule has 1 saturated carbocycles. The molecule has 0 unspecified atom stereocenters. The van der Waals surface area contributed by atoms with Crippen molar-refractivity contribution in [1.29, 1.82) is 0 Å². The Morgan fingerprint density at radius 1 is 1.04 bits per heavy atom. The molecule has 2 aliphatic rings. The molecule has 1 amide bonds. The van der Waals surface area contributed by atoms with Crippen LogP contribution in [0.2, 0.25) is 0 Å². The highest BCUT2D eigenvalue weighted by Crippen LogP contribution is 2.27. The summed E-state index contributed by atoms with van der Waals surface area (Å²) in [6.45, 7) is 2.51. The Balaban J connectivity index is 1.52. The van der Waals surface area contributed by atoms with Crippen LogP contribution in [0.25, 0.3) is 0 Å². The van der Waals surface area contributed by atoms with Crippen LogP contribution in [0.4, 0.5) is 5.69 Å². The third-order valence-electron chi connectivity index (χ3n) is 5.74. The van der Waals surface area contributed by atoms with Gasteiger partial charge in [-0.2, -0.15) is 4.31 Å². The molecule has 0 bridgehead atoms. The smallest absolute Gasteiger partial charge is 0.243 e. The van der Waals surface area contributed by atoms with Gasteiger partial charge in [0.25, 0.3) is 0 Å². The Labute approximate surface area is 163 Å². The van der Waals surface area contributed by atoms with Crippen molar-refractivity contribution in [2.24, 2.45) is 5.92 Å². The summed E-state index contributed by atoms with van der Waals surface area (Å²) in [6.07, 6.45) is 7.86. The molecule has 1 N–H and O–H groups in total. The lowest BCUT2D eigenvalue weighted by Crippen LogP contribution is -2.46. The summed E-state index contributed by atoms with van der Waals surface area (Å²) in [5.41, 5.74) is 0.654. The maximum absolute atomic E-state index is 12.7. The van der Waals surface area contributed by atoms with Gasteiger partial charge in [0.1, 0.15) is 0 Å². The second-order valence-corrected chi connectivity index (χ2v) is 9.76. The molecule has 1 aromatic carbocycles. The topological polar surface area (TPSA) is 69.7 Å². The zero-order chi connectivity index (χ0) is 19.3. The number of piperazine rings is 1. The van der Waals surface area contributed by atoms with Crippen LogP contribution in [0, 0.1) is 5.92 Å². The third-order valence-corrected chi connectivity index (χ3v) is 7.66. The van der Waals surface area contributed by atoms with Crippen molar-refractivity contribution in [3.63, 3.8) is 0 Å². The minimum Gasteiger partial charge on any atom is -0.326 e. The Morgan fingerprint density at radius 2 is 1.67 bits per heavy atom. The second-order valence-electron chi connectivity index (χ2n) is 7.82. The van der Waals surface area contributed by atoms with Crippen LogP contribution in [-0.4, -0.2) is 56.8 Å². The van der Waals surface area contributed by atoms with Gasteiger partial charge in [0.2, 0.25) is 15.9 Å². The van der Waals surface area contributed by atoms with Gasteiger partial charge in [-0.15, -0.1) is 0 Å². The summed E-state index contributed by atoms with van der Waals surface area (Å²) < 4.78 is 27.0.